The molecule has 0 atom stereocenters. The van der Waals surface area contributed by atoms with Gasteiger partial charge in [0.1, 0.15) is 0 Å². The first-order valence-corrected chi connectivity index (χ1v) is 14.2. The Morgan fingerprint density at radius 2 is 1.93 bits per heavy atom. The SMILES string of the molecule is CC(=O)Nc1ccc(Cl)cc1[Te](Cl)(Cl)Cl. The third-order valence-corrected chi connectivity index (χ3v) is 7.47. The molecular weight excluding hydrogens is 396 g/mol. The molecule has 0 saturated heterocycles. The standard InChI is InChI=1S/C8H7Cl4NOTe/c1-5(14)13-7-3-2-6(9)4-8(7)15(10,11)12/h2-4H,1H3,(H,13,14). The van der Waals surface area contributed by atoms with Gasteiger partial charge in [0.25, 0.3) is 0 Å². The number of benzene rings is 1. The summed E-state index contributed by atoms with van der Waals surface area (Å²) in [5.41, 5.74) is 0.521. The molecule has 1 rings (SSSR count). The van der Waals surface area contributed by atoms with Gasteiger partial charge in [0.15, 0.2) is 0 Å². The predicted octanol–water partition coefficient (Wildman–Crippen LogP) is 3.16. The first-order valence-electron chi connectivity index (χ1n) is 3.80. The van der Waals surface area contributed by atoms with E-state index < -0.39 is 14.8 Å². The molecule has 0 aromatic heterocycles. The molecule has 0 unspecified atom stereocenters. The molecule has 1 aromatic carbocycles. The van der Waals surface area contributed by atoms with Crippen molar-refractivity contribution in [2.75, 3.05) is 5.32 Å². The molecule has 0 aliphatic carbocycles. The van der Waals surface area contributed by atoms with Gasteiger partial charge in [0, 0.05) is 0 Å². The number of halogens is 4. The molecule has 2 nitrogen and oxygen atoms in total. The zero-order chi connectivity index (χ0) is 11.6. The van der Waals surface area contributed by atoms with Crippen LogP contribution in [0.3, 0.4) is 0 Å². The van der Waals surface area contributed by atoms with E-state index in [1.165, 1.54) is 6.92 Å². The number of hydrogen-bond acceptors (Lipinski definition) is 1. The maximum absolute atomic E-state index is 10.9. The number of carbonyl (C=O) groups excluding carboxylic acids is 1. The summed E-state index contributed by atoms with van der Waals surface area (Å²) in [5.74, 6) is -0.212. The Labute approximate surface area is 108 Å². The van der Waals surface area contributed by atoms with Crippen molar-refractivity contribution in [1.29, 1.82) is 0 Å². The molecule has 84 valence electrons. The summed E-state index contributed by atoms with van der Waals surface area (Å²) in [7, 11) is 17.8. The zero-order valence-corrected chi connectivity index (χ0v) is 12.9. The van der Waals surface area contributed by atoms with E-state index in [0.29, 0.717) is 14.3 Å². The summed E-state index contributed by atoms with van der Waals surface area (Å²) in [6.45, 7) is 1.39. The Balaban J connectivity index is 3.20. The minimum absolute atomic E-state index is 0.212. The number of rotatable bonds is 2. The molecule has 0 heterocycles. The molecule has 0 spiro atoms. The third-order valence-electron chi connectivity index (χ3n) is 1.50. The van der Waals surface area contributed by atoms with Gasteiger partial charge in [-0.2, -0.15) is 0 Å². The molecule has 0 bridgehead atoms. The van der Waals surface area contributed by atoms with Crippen LogP contribution in [0.2, 0.25) is 5.02 Å². The van der Waals surface area contributed by atoms with Crippen LogP contribution >= 0.6 is 38.5 Å². The van der Waals surface area contributed by atoms with Crippen molar-refractivity contribution in [2.45, 2.75) is 6.92 Å². The monoisotopic (exact) mass is 403 g/mol. The zero-order valence-electron chi connectivity index (χ0n) is 7.56. The predicted molar refractivity (Wildman–Crippen MR) is 68.7 cm³/mol. The van der Waals surface area contributed by atoms with Crippen LogP contribution < -0.4 is 8.93 Å². The van der Waals surface area contributed by atoms with Gasteiger partial charge in [-0.1, -0.05) is 0 Å². The summed E-state index contributed by atoms with van der Waals surface area (Å²) < 4.78 is 0.533. The third kappa shape index (κ3) is 4.19. The Bertz CT molecular complexity index is 391. The van der Waals surface area contributed by atoms with E-state index in [2.05, 4.69) is 5.32 Å². The molecule has 1 N–H and O–H groups in total. The Morgan fingerprint density at radius 1 is 1.33 bits per heavy atom. The van der Waals surface area contributed by atoms with Gasteiger partial charge >= 0.3 is 109 Å². The summed E-state index contributed by atoms with van der Waals surface area (Å²) in [6, 6.07) is 4.85. The molecule has 7 heteroatoms. The average molecular weight is 403 g/mol. The Kier molecular flexibility index (Phi) is 4.85. The van der Waals surface area contributed by atoms with E-state index in [-0.39, 0.29) is 5.91 Å². The molecule has 0 aliphatic rings. The van der Waals surface area contributed by atoms with E-state index in [4.69, 9.17) is 38.5 Å². The van der Waals surface area contributed by atoms with Crippen LogP contribution in [0.15, 0.2) is 18.2 Å². The van der Waals surface area contributed by atoms with Crippen molar-refractivity contribution >= 4 is 68.5 Å². The summed E-state index contributed by atoms with van der Waals surface area (Å²) in [4.78, 5) is 10.9. The van der Waals surface area contributed by atoms with Crippen molar-refractivity contribution in [2.24, 2.45) is 0 Å². The van der Waals surface area contributed by atoms with E-state index in [0.717, 1.165) is 0 Å². The van der Waals surface area contributed by atoms with Gasteiger partial charge in [-0.25, -0.2) is 0 Å². The second-order valence-electron chi connectivity index (χ2n) is 2.73. The number of hydrogen-bond donors (Lipinski definition) is 1. The molecule has 0 saturated carbocycles. The molecular formula is C8H7Cl4NOTe. The first-order chi connectivity index (χ1) is 6.80. The fourth-order valence-corrected chi connectivity index (χ4v) is 5.72. The van der Waals surface area contributed by atoms with E-state index in [1.807, 2.05) is 0 Å². The minimum atomic E-state index is -3.59. The molecule has 15 heavy (non-hydrogen) atoms. The quantitative estimate of drug-likeness (QED) is 0.757. The van der Waals surface area contributed by atoms with Gasteiger partial charge in [0.2, 0.25) is 0 Å². The summed E-state index contributed by atoms with van der Waals surface area (Å²) in [6.07, 6.45) is 0. The van der Waals surface area contributed by atoms with Gasteiger partial charge in [0.05, 0.1) is 0 Å². The van der Waals surface area contributed by atoms with Gasteiger partial charge < -0.3 is 0 Å². The van der Waals surface area contributed by atoms with E-state index >= 15 is 0 Å². The van der Waals surface area contributed by atoms with Crippen LogP contribution in [0, 0.1) is 0 Å². The van der Waals surface area contributed by atoms with Crippen molar-refractivity contribution in [3.63, 3.8) is 0 Å². The van der Waals surface area contributed by atoms with Crippen molar-refractivity contribution in [3.05, 3.63) is 23.2 Å². The number of anilines is 1. The van der Waals surface area contributed by atoms with Crippen molar-refractivity contribution < 1.29 is 4.79 Å². The second kappa shape index (κ2) is 5.31. The number of nitrogens with one attached hydrogen (secondary N) is 1. The Morgan fingerprint density at radius 3 is 2.40 bits per heavy atom. The summed E-state index contributed by atoms with van der Waals surface area (Å²) >= 11 is 2.21. The van der Waals surface area contributed by atoms with Crippen LogP contribution in [-0.4, -0.2) is 20.7 Å². The normalized spacial score (nSPS) is 12.3. The first kappa shape index (κ1) is 13.7. The van der Waals surface area contributed by atoms with E-state index in [9.17, 15) is 4.79 Å². The molecule has 1 aromatic rings. The molecule has 0 aliphatic heterocycles. The van der Waals surface area contributed by atoms with Crippen molar-refractivity contribution in [1.82, 2.24) is 0 Å². The van der Waals surface area contributed by atoms with Crippen LogP contribution in [0.1, 0.15) is 6.92 Å². The average Bonchev–Trinajstić information content (AvgIpc) is 2.05. The van der Waals surface area contributed by atoms with E-state index in [1.54, 1.807) is 18.2 Å². The fourth-order valence-electron chi connectivity index (χ4n) is 0.981. The Hall–Kier alpha value is 0.640. The molecule has 0 fully saturated rings. The summed E-state index contributed by atoms with van der Waals surface area (Å²) in [5, 5.41) is 3.09. The van der Waals surface area contributed by atoms with Gasteiger partial charge in [-0.3, -0.25) is 0 Å². The number of amides is 1. The van der Waals surface area contributed by atoms with Crippen LogP contribution in [0.25, 0.3) is 0 Å². The van der Waals surface area contributed by atoms with Gasteiger partial charge in [-0.05, 0) is 0 Å². The van der Waals surface area contributed by atoms with Crippen LogP contribution in [0.5, 0.6) is 0 Å². The maximum atomic E-state index is 10.9. The molecule has 1 amide bonds. The van der Waals surface area contributed by atoms with Crippen LogP contribution in [-0.2, 0) is 4.79 Å². The second-order valence-corrected chi connectivity index (χ2v) is 19.2. The molecule has 0 radical (unpaired) electrons. The van der Waals surface area contributed by atoms with Crippen LogP contribution in [0.4, 0.5) is 5.69 Å². The van der Waals surface area contributed by atoms with Gasteiger partial charge in [-0.15, -0.1) is 0 Å². The topological polar surface area (TPSA) is 29.1 Å². The van der Waals surface area contributed by atoms with Crippen molar-refractivity contribution in [3.8, 4) is 0 Å². The number of carbonyl (C=O) groups is 1. The fraction of sp³-hybridized carbons (Fsp3) is 0.125.